The fourth-order valence-corrected chi connectivity index (χ4v) is 1.57. The lowest BCUT2D eigenvalue weighted by Crippen LogP contribution is -2.34. The normalized spacial score (nSPS) is 13.3. The summed E-state index contributed by atoms with van der Waals surface area (Å²) >= 11 is 0. The summed E-state index contributed by atoms with van der Waals surface area (Å²) in [5.74, 6) is 0.572. The van der Waals surface area contributed by atoms with E-state index >= 15 is 0 Å². The van der Waals surface area contributed by atoms with Gasteiger partial charge in [-0.3, -0.25) is 4.68 Å². The van der Waals surface area contributed by atoms with E-state index in [1.165, 1.54) is 0 Å². The molecule has 4 nitrogen and oxygen atoms in total. The van der Waals surface area contributed by atoms with Crippen LogP contribution in [0.2, 0.25) is 0 Å². The van der Waals surface area contributed by atoms with Gasteiger partial charge < -0.3 is 10.6 Å². The lowest BCUT2D eigenvalue weighted by Gasteiger charge is -2.23. The average molecular weight is 210 g/mol. The zero-order valence-corrected chi connectivity index (χ0v) is 9.76. The van der Waals surface area contributed by atoms with E-state index in [-0.39, 0.29) is 0 Å². The third-order valence-electron chi connectivity index (χ3n) is 2.62. The molecule has 0 saturated carbocycles. The summed E-state index contributed by atoms with van der Waals surface area (Å²) in [7, 11) is 0. The first kappa shape index (κ1) is 12.2. The summed E-state index contributed by atoms with van der Waals surface area (Å²) in [5, 5.41) is 4.19. The van der Waals surface area contributed by atoms with Gasteiger partial charge in [0, 0.05) is 25.5 Å². The minimum atomic E-state index is 0.572. The van der Waals surface area contributed by atoms with Gasteiger partial charge in [-0.15, -0.1) is 0 Å². The van der Waals surface area contributed by atoms with Gasteiger partial charge in [0.15, 0.2) is 0 Å². The maximum atomic E-state index is 5.62. The topological polar surface area (TPSA) is 47.1 Å². The summed E-state index contributed by atoms with van der Waals surface area (Å²) in [6.07, 6.45) is 3.82. The van der Waals surface area contributed by atoms with Gasteiger partial charge in [0.25, 0.3) is 0 Å². The molecule has 0 fully saturated rings. The van der Waals surface area contributed by atoms with Crippen molar-refractivity contribution >= 4 is 0 Å². The van der Waals surface area contributed by atoms with E-state index in [0.29, 0.717) is 5.92 Å². The molecule has 86 valence electrons. The van der Waals surface area contributed by atoms with Crippen LogP contribution in [0.15, 0.2) is 18.5 Å². The fraction of sp³-hybridized carbons (Fsp3) is 0.727. The third-order valence-corrected chi connectivity index (χ3v) is 2.62. The van der Waals surface area contributed by atoms with Crippen molar-refractivity contribution < 1.29 is 0 Å². The molecule has 15 heavy (non-hydrogen) atoms. The predicted octanol–water partition coefficient (Wildman–Crippen LogP) is 0.800. The second kappa shape index (κ2) is 6.58. The summed E-state index contributed by atoms with van der Waals surface area (Å²) in [6.45, 7) is 9.29. The molecule has 1 heterocycles. The Morgan fingerprint density at radius 3 is 2.87 bits per heavy atom. The van der Waals surface area contributed by atoms with Crippen molar-refractivity contribution in [1.82, 2.24) is 14.7 Å². The van der Waals surface area contributed by atoms with E-state index in [1.54, 1.807) is 0 Å². The Balaban J connectivity index is 2.27. The molecule has 1 atom stereocenters. The van der Waals surface area contributed by atoms with Crippen LogP contribution in [0.4, 0.5) is 0 Å². The molecule has 1 unspecified atom stereocenters. The van der Waals surface area contributed by atoms with Crippen molar-refractivity contribution in [3.63, 3.8) is 0 Å². The second-order valence-electron chi connectivity index (χ2n) is 4.00. The molecule has 0 aliphatic rings. The van der Waals surface area contributed by atoms with E-state index in [1.807, 2.05) is 23.1 Å². The van der Waals surface area contributed by atoms with Crippen molar-refractivity contribution in [2.75, 3.05) is 26.2 Å². The molecule has 0 radical (unpaired) electrons. The van der Waals surface area contributed by atoms with Crippen molar-refractivity contribution in [2.45, 2.75) is 20.4 Å². The summed E-state index contributed by atoms with van der Waals surface area (Å²) < 4.78 is 1.97. The Hall–Kier alpha value is -0.870. The highest BCUT2D eigenvalue weighted by Gasteiger charge is 2.07. The third kappa shape index (κ3) is 4.44. The number of rotatable bonds is 7. The number of hydrogen-bond acceptors (Lipinski definition) is 3. The van der Waals surface area contributed by atoms with Gasteiger partial charge in [0.05, 0.1) is 6.54 Å². The van der Waals surface area contributed by atoms with Crippen LogP contribution < -0.4 is 5.73 Å². The molecular weight excluding hydrogens is 188 g/mol. The van der Waals surface area contributed by atoms with Crippen LogP contribution in [0.1, 0.15) is 13.8 Å². The molecule has 1 aromatic heterocycles. The molecule has 2 N–H and O–H groups in total. The molecule has 0 aliphatic carbocycles. The first-order valence-corrected chi connectivity index (χ1v) is 5.66. The van der Waals surface area contributed by atoms with E-state index < -0.39 is 0 Å². The van der Waals surface area contributed by atoms with Crippen LogP contribution in [-0.4, -0.2) is 40.9 Å². The van der Waals surface area contributed by atoms with Gasteiger partial charge in [0.2, 0.25) is 0 Å². The molecule has 0 aliphatic heterocycles. The second-order valence-corrected chi connectivity index (χ2v) is 4.00. The molecular formula is C11H22N4. The molecule has 1 rings (SSSR count). The Morgan fingerprint density at radius 2 is 2.33 bits per heavy atom. The van der Waals surface area contributed by atoms with E-state index in [4.69, 9.17) is 5.73 Å². The van der Waals surface area contributed by atoms with Gasteiger partial charge >= 0.3 is 0 Å². The van der Waals surface area contributed by atoms with Crippen molar-refractivity contribution in [2.24, 2.45) is 11.7 Å². The van der Waals surface area contributed by atoms with Crippen LogP contribution in [-0.2, 0) is 6.54 Å². The monoisotopic (exact) mass is 210 g/mol. The first-order chi connectivity index (χ1) is 7.26. The van der Waals surface area contributed by atoms with E-state index in [0.717, 1.165) is 32.7 Å². The summed E-state index contributed by atoms with van der Waals surface area (Å²) in [5.41, 5.74) is 5.62. The molecule has 1 aromatic rings. The highest BCUT2D eigenvalue weighted by atomic mass is 15.3. The smallest absolute Gasteiger partial charge is 0.0536 e. The maximum absolute atomic E-state index is 5.62. The predicted molar refractivity (Wildman–Crippen MR) is 62.6 cm³/mol. The lowest BCUT2D eigenvalue weighted by molar-refractivity contribution is 0.239. The number of nitrogens with zero attached hydrogens (tertiary/aromatic N) is 3. The average Bonchev–Trinajstić information content (AvgIpc) is 2.76. The molecule has 0 aromatic carbocycles. The number of likely N-dealkylation sites (N-methyl/N-ethyl adjacent to an activating group) is 1. The zero-order chi connectivity index (χ0) is 11.1. The molecule has 0 saturated heterocycles. The van der Waals surface area contributed by atoms with Gasteiger partial charge in [-0.25, -0.2) is 0 Å². The Labute approximate surface area is 92.1 Å². The highest BCUT2D eigenvalue weighted by Crippen LogP contribution is 1.98. The zero-order valence-electron chi connectivity index (χ0n) is 9.76. The van der Waals surface area contributed by atoms with Crippen molar-refractivity contribution in [3.8, 4) is 0 Å². The van der Waals surface area contributed by atoms with E-state index in [2.05, 4.69) is 23.8 Å². The van der Waals surface area contributed by atoms with Crippen molar-refractivity contribution in [3.05, 3.63) is 18.5 Å². The number of hydrogen-bond donors (Lipinski definition) is 1. The van der Waals surface area contributed by atoms with Crippen LogP contribution in [0.5, 0.6) is 0 Å². The molecule has 0 spiro atoms. The molecule has 0 amide bonds. The SMILES string of the molecule is CCN(CCn1cccn1)CC(C)CN. The van der Waals surface area contributed by atoms with Crippen LogP contribution in [0.3, 0.4) is 0 Å². The summed E-state index contributed by atoms with van der Waals surface area (Å²) in [6, 6.07) is 1.96. The number of aromatic nitrogens is 2. The molecule has 4 heteroatoms. The van der Waals surface area contributed by atoms with Gasteiger partial charge in [-0.2, -0.15) is 5.10 Å². The summed E-state index contributed by atoms with van der Waals surface area (Å²) in [4.78, 5) is 2.42. The van der Waals surface area contributed by atoms with Gasteiger partial charge in [-0.1, -0.05) is 13.8 Å². The van der Waals surface area contributed by atoms with Crippen molar-refractivity contribution in [1.29, 1.82) is 0 Å². The maximum Gasteiger partial charge on any atom is 0.0536 e. The minimum absolute atomic E-state index is 0.572. The van der Waals surface area contributed by atoms with Crippen LogP contribution in [0, 0.1) is 5.92 Å². The van der Waals surface area contributed by atoms with Crippen LogP contribution >= 0.6 is 0 Å². The lowest BCUT2D eigenvalue weighted by atomic mass is 10.1. The quantitative estimate of drug-likeness (QED) is 0.724. The minimum Gasteiger partial charge on any atom is -0.330 e. The Morgan fingerprint density at radius 1 is 1.53 bits per heavy atom. The molecule has 0 bridgehead atoms. The fourth-order valence-electron chi connectivity index (χ4n) is 1.57. The van der Waals surface area contributed by atoms with Gasteiger partial charge in [-0.05, 0) is 25.1 Å². The Kier molecular flexibility index (Phi) is 5.36. The highest BCUT2D eigenvalue weighted by molar-refractivity contribution is 4.78. The largest absolute Gasteiger partial charge is 0.330 e. The standard InChI is InChI=1S/C11H22N4/c1-3-14(10-11(2)9-12)7-8-15-6-4-5-13-15/h4-6,11H,3,7-10,12H2,1-2H3. The number of nitrogens with two attached hydrogens (primary N) is 1. The first-order valence-electron chi connectivity index (χ1n) is 5.66. The Bertz CT molecular complexity index is 245. The van der Waals surface area contributed by atoms with Crippen LogP contribution in [0.25, 0.3) is 0 Å². The van der Waals surface area contributed by atoms with Gasteiger partial charge in [0.1, 0.15) is 0 Å². The van der Waals surface area contributed by atoms with E-state index in [9.17, 15) is 0 Å².